The molecule has 0 aliphatic heterocycles. The van der Waals surface area contributed by atoms with Crippen LogP contribution in [0.15, 0.2) is 189 Å². The number of furan rings is 3. The van der Waals surface area contributed by atoms with E-state index in [1.54, 1.807) is 0 Å². The van der Waals surface area contributed by atoms with Crippen LogP contribution in [0.1, 0.15) is 0 Å². The van der Waals surface area contributed by atoms with Crippen LogP contribution in [0.5, 0.6) is 0 Å². The maximum atomic E-state index is 6.73. The molecule has 8 aromatic carbocycles. The van der Waals surface area contributed by atoms with Crippen LogP contribution in [0.4, 0.5) is 17.1 Å². The van der Waals surface area contributed by atoms with Gasteiger partial charge in [-0.2, -0.15) is 0 Å². The Morgan fingerprint density at radius 1 is 0.308 bits per heavy atom. The van der Waals surface area contributed by atoms with Crippen LogP contribution in [-0.4, -0.2) is 0 Å². The molecule has 4 heteroatoms. The van der Waals surface area contributed by atoms with Crippen molar-refractivity contribution < 1.29 is 13.3 Å². The molecule has 11 aromatic rings. The number of rotatable bonds is 5. The molecule has 0 bridgehead atoms. The fourth-order valence-electron chi connectivity index (χ4n) is 7.93. The standard InChI is InChI=1S/C48H29NO3/c1-3-12-31(13-4-1)49(32-14-5-2-6-15-32)33-25-27-43-40(29-33)39-21-10-20-38(48(39)52-43)36-18-11-23-45-46(36)41-28-30(24-26-44(41)50-45)34-17-9-19-37-35-16-7-8-22-42(35)51-47(34)37/h1-29H. The highest BCUT2D eigenvalue weighted by Crippen LogP contribution is 2.45. The molecule has 0 N–H and O–H groups in total. The summed E-state index contributed by atoms with van der Waals surface area (Å²) in [6.07, 6.45) is 0. The number of nitrogens with zero attached hydrogens (tertiary/aromatic N) is 1. The quantitative estimate of drug-likeness (QED) is 0.183. The average Bonchev–Trinajstić information content (AvgIpc) is 3.90. The first-order chi connectivity index (χ1) is 25.8. The summed E-state index contributed by atoms with van der Waals surface area (Å²) in [6, 6.07) is 61.2. The van der Waals surface area contributed by atoms with Crippen LogP contribution in [-0.2, 0) is 0 Å². The summed E-state index contributed by atoms with van der Waals surface area (Å²) in [5.74, 6) is 0. The average molecular weight is 668 g/mol. The smallest absolute Gasteiger partial charge is 0.143 e. The molecule has 0 aliphatic carbocycles. The summed E-state index contributed by atoms with van der Waals surface area (Å²) in [6.45, 7) is 0. The van der Waals surface area contributed by atoms with Gasteiger partial charge in [0.05, 0.1) is 0 Å². The Bertz CT molecular complexity index is 3090. The van der Waals surface area contributed by atoms with Crippen LogP contribution in [0.25, 0.3) is 88.1 Å². The van der Waals surface area contributed by atoms with Gasteiger partial charge in [-0.25, -0.2) is 0 Å². The first-order valence-corrected chi connectivity index (χ1v) is 17.5. The Hall–Kier alpha value is -7.04. The number of benzene rings is 8. The maximum Gasteiger partial charge on any atom is 0.143 e. The molecular weight excluding hydrogens is 639 g/mol. The van der Waals surface area contributed by atoms with Crippen molar-refractivity contribution in [1.82, 2.24) is 0 Å². The molecule has 0 radical (unpaired) electrons. The Kier molecular flexibility index (Phi) is 6.22. The fourth-order valence-corrected chi connectivity index (χ4v) is 7.93. The van der Waals surface area contributed by atoms with E-state index in [9.17, 15) is 0 Å². The number of anilines is 3. The Morgan fingerprint density at radius 2 is 0.865 bits per heavy atom. The zero-order chi connectivity index (χ0) is 34.2. The third kappa shape index (κ3) is 4.34. The van der Waals surface area contributed by atoms with Gasteiger partial charge >= 0.3 is 0 Å². The van der Waals surface area contributed by atoms with Gasteiger partial charge < -0.3 is 18.2 Å². The van der Waals surface area contributed by atoms with Crippen molar-refractivity contribution in [2.75, 3.05) is 4.90 Å². The highest BCUT2D eigenvalue weighted by atomic mass is 16.3. The van der Waals surface area contributed by atoms with Crippen LogP contribution >= 0.6 is 0 Å². The SMILES string of the molecule is c1ccc(N(c2ccccc2)c2ccc3oc4c(-c5cccc6oc7ccc(-c8cccc9c8oc8ccccc89)cc7c56)cccc4c3c2)cc1. The molecule has 0 saturated heterocycles. The molecule has 0 atom stereocenters. The monoisotopic (exact) mass is 667 g/mol. The summed E-state index contributed by atoms with van der Waals surface area (Å²) < 4.78 is 19.6. The van der Waals surface area contributed by atoms with Crippen molar-refractivity contribution in [3.8, 4) is 22.3 Å². The maximum absolute atomic E-state index is 6.73. The molecule has 244 valence electrons. The second-order valence-corrected chi connectivity index (χ2v) is 13.2. The summed E-state index contributed by atoms with van der Waals surface area (Å²) in [5, 5.41) is 6.47. The van der Waals surface area contributed by atoms with E-state index < -0.39 is 0 Å². The first-order valence-electron chi connectivity index (χ1n) is 17.5. The number of fused-ring (bicyclic) bond motifs is 9. The second-order valence-electron chi connectivity index (χ2n) is 13.2. The van der Waals surface area contributed by atoms with Crippen molar-refractivity contribution >= 4 is 82.9 Å². The molecule has 3 aromatic heterocycles. The van der Waals surface area contributed by atoms with Crippen molar-refractivity contribution in [3.63, 3.8) is 0 Å². The van der Waals surface area contributed by atoms with Crippen molar-refractivity contribution in [3.05, 3.63) is 176 Å². The molecule has 0 amide bonds. The zero-order valence-corrected chi connectivity index (χ0v) is 27.9. The highest BCUT2D eigenvalue weighted by Gasteiger charge is 2.20. The number of hydrogen-bond donors (Lipinski definition) is 0. The third-order valence-electron chi connectivity index (χ3n) is 10.3. The highest BCUT2D eigenvalue weighted by molar-refractivity contribution is 6.18. The number of para-hydroxylation sites is 5. The minimum atomic E-state index is 0.836. The minimum Gasteiger partial charge on any atom is -0.456 e. The van der Waals surface area contributed by atoms with Crippen LogP contribution in [0.2, 0.25) is 0 Å². The van der Waals surface area contributed by atoms with Gasteiger partial charge in [-0.05, 0) is 77.9 Å². The van der Waals surface area contributed by atoms with E-state index in [1.165, 1.54) is 0 Å². The topological polar surface area (TPSA) is 42.7 Å². The van der Waals surface area contributed by atoms with E-state index in [2.05, 4.69) is 150 Å². The van der Waals surface area contributed by atoms with Gasteiger partial charge in [0.2, 0.25) is 0 Å². The Balaban J connectivity index is 1.09. The van der Waals surface area contributed by atoms with Gasteiger partial charge in [-0.1, -0.05) is 109 Å². The van der Waals surface area contributed by atoms with E-state index in [-0.39, 0.29) is 0 Å². The van der Waals surface area contributed by atoms with E-state index >= 15 is 0 Å². The summed E-state index contributed by atoms with van der Waals surface area (Å²) in [4.78, 5) is 2.28. The summed E-state index contributed by atoms with van der Waals surface area (Å²) in [5.41, 5.74) is 12.6. The van der Waals surface area contributed by atoms with E-state index in [4.69, 9.17) is 13.3 Å². The third-order valence-corrected chi connectivity index (χ3v) is 10.3. The predicted molar refractivity (Wildman–Crippen MR) is 214 cm³/mol. The predicted octanol–water partition coefficient (Wildman–Crippen LogP) is 14.2. The van der Waals surface area contributed by atoms with Crippen LogP contribution in [0.3, 0.4) is 0 Å². The summed E-state index contributed by atoms with van der Waals surface area (Å²) in [7, 11) is 0. The minimum absolute atomic E-state index is 0.836. The fraction of sp³-hybridized carbons (Fsp3) is 0. The molecule has 0 unspecified atom stereocenters. The molecule has 0 saturated carbocycles. The molecule has 4 nitrogen and oxygen atoms in total. The normalized spacial score (nSPS) is 11.8. The first kappa shape index (κ1) is 28.8. The van der Waals surface area contributed by atoms with Gasteiger partial charge in [-0.15, -0.1) is 0 Å². The Morgan fingerprint density at radius 3 is 1.65 bits per heavy atom. The lowest BCUT2D eigenvalue weighted by atomic mass is 9.95. The summed E-state index contributed by atoms with van der Waals surface area (Å²) >= 11 is 0. The van der Waals surface area contributed by atoms with E-state index in [0.717, 1.165) is 105 Å². The molecular formula is C48H29NO3. The van der Waals surface area contributed by atoms with Crippen LogP contribution in [0, 0.1) is 0 Å². The molecule has 0 spiro atoms. The van der Waals surface area contributed by atoms with Crippen molar-refractivity contribution in [2.45, 2.75) is 0 Å². The zero-order valence-electron chi connectivity index (χ0n) is 27.9. The van der Waals surface area contributed by atoms with E-state index in [1.807, 2.05) is 30.3 Å². The van der Waals surface area contributed by atoms with Crippen molar-refractivity contribution in [2.24, 2.45) is 0 Å². The lowest BCUT2D eigenvalue weighted by Gasteiger charge is -2.25. The molecule has 3 heterocycles. The molecule has 11 rings (SSSR count). The van der Waals surface area contributed by atoms with Crippen molar-refractivity contribution in [1.29, 1.82) is 0 Å². The largest absolute Gasteiger partial charge is 0.456 e. The molecule has 0 fully saturated rings. The molecule has 0 aliphatic rings. The van der Waals surface area contributed by atoms with Gasteiger partial charge in [-0.3, -0.25) is 0 Å². The van der Waals surface area contributed by atoms with Gasteiger partial charge in [0, 0.05) is 60.5 Å². The van der Waals surface area contributed by atoms with Gasteiger partial charge in [0.15, 0.2) is 0 Å². The van der Waals surface area contributed by atoms with E-state index in [0.29, 0.717) is 0 Å². The van der Waals surface area contributed by atoms with Gasteiger partial charge in [0.25, 0.3) is 0 Å². The second kappa shape index (κ2) is 11.2. The number of hydrogen-bond acceptors (Lipinski definition) is 4. The van der Waals surface area contributed by atoms with Gasteiger partial charge in [0.1, 0.15) is 33.5 Å². The lowest BCUT2D eigenvalue weighted by molar-refractivity contribution is 0.668. The lowest BCUT2D eigenvalue weighted by Crippen LogP contribution is -2.09. The molecule has 52 heavy (non-hydrogen) atoms. The Labute approximate surface area is 298 Å². The van der Waals surface area contributed by atoms with Crippen LogP contribution < -0.4 is 4.90 Å².